The molecule has 0 rings (SSSR count). The summed E-state index contributed by atoms with van der Waals surface area (Å²) >= 11 is 0. The average Bonchev–Trinajstić information content (AvgIpc) is 1.87. The Morgan fingerprint density at radius 2 is 2.00 bits per heavy atom. The van der Waals surface area contributed by atoms with E-state index >= 15 is 0 Å². The van der Waals surface area contributed by atoms with Crippen LogP contribution in [0.2, 0.25) is 0 Å². The van der Waals surface area contributed by atoms with Crippen molar-refractivity contribution < 1.29 is 0 Å². The molecule has 11 heavy (non-hydrogen) atoms. The van der Waals surface area contributed by atoms with Crippen molar-refractivity contribution in [2.75, 3.05) is 0 Å². The molecule has 0 aromatic heterocycles. The van der Waals surface area contributed by atoms with Gasteiger partial charge in [0.1, 0.15) is 0 Å². The van der Waals surface area contributed by atoms with Gasteiger partial charge in [0.05, 0.1) is 0 Å². The standard InChI is InChI=1S/C11H21/c1-6-11(4,5)9-7-8-10(2)3/h6,10H,1-2,7-9H2,3-5H3. The molecule has 0 amide bonds. The van der Waals surface area contributed by atoms with Gasteiger partial charge in [0.15, 0.2) is 0 Å². The van der Waals surface area contributed by atoms with E-state index in [1.807, 2.05) is 6.08 Å². The van der Waals surface area contributed by atoms with Gasteiger partial charge in [-0.15, -0.1) is 6.58 Å². The smallest absolute Gasteiger partial charge is 0.0178 e. The van der Waals surface area contributed by atoms with Gasteiger partial charge in [-0.2, -0.15) is 0 Å². The van der Waals surface area contributed by atoms with Crippen molar-refractivity contribution in [1.29, 1.82) is 0 Å². The Hall–Kier alpha value is -0.260. The van der Waals surface area contributed by atoms with Gasteiger partial charge in [-0.1, -0.05) is 46.6 Å². The molecule has 0 nitrogen and oxygen atoms in total. The quantitative estimate of drug-likeness (QED) is 0.526. The van der Waals surface area contributed by atoms with E-state index in [2.05, 4.69) is 34.3 Å². The van der Waals surface area contributed by atoms with Crippen LogP contribution in [0.15, 0.2) is 12.7 Å². The fourth-order valence-electron chi connectivity index (χ4n) is 1.01. The molecule has 0 heteroatoms. The van der Waals surface area contributed by atoms with Crippen molar-refractivity contribution >= 4 is 0 Å². The van der Waals surface area contributed by atoms with E-state index in [1.54, 1.807) is 0 Å². The van der Waals surface area contributed by atoms with Gasteiger partial charge in [0.25, 0.3) is 0 Å². The van der Waals surface area contributed by atoms with Crippen molar-refractivity contribution in [2.45, 2.75) is 40.0 Å². The minimum atomic E-state index is 0.314. The first-order valence-corrected chi connectivity index (χ1v) is 4.44. The molecule has 0 spiro atoms. The van der Waals surface area contributed by atoms with E-state index in [-0.39, 0.29) is 0 Å². The van der Waals surface area contributed by atoms with E-state index in [9.17, 15) is 0 Å². The van der Waals surface area contributed by atoms with Crippen molar-refractivity contribution in [3.8, 4) is 0 Å². The fraction of sp³-hybridized carbons (Fsp3) is 0.727. The summed E-state index contributed by atoms with van der Waals surface area (Å²) in [7, 11) is 0. The molecule has 0 bridgehead atoms. The molecule has 0 saturated heterocycles. The topological polar surface area (TPSA) is 0 Å². The second kappa shape index (κ2) is 4.58. The van der Waals surface area contributed by atoms with Gasteiger partial charge < -0.3 is 0 Å². The average molecular weight is 153 g/mol. The molecule has 1 radical (unpaired) electrons. The predicted molar refractivity (Wildman–Crippen MR) is 52.4 cm³/mol. The molecule has 0 N–H and O–H groups in total. The maximum atomic E-state index is 3.96. The third-order valence-electron chi connectivity index (χ3n) is 2.07. The molecule has 1 atom stereocenters. The van der Waals surface area contributed by atoms with E-state index in [0.717, 1.165) is 0 Å². The van der Waals surface area contributed by atoms with Gasteiger partial charge in [-0.05, 0) is 17.8 Å². The van der Waals surface area contributed by atoms with Crippen LogP contribution in [-0.2, 0) is 0 Å². The van der Waals surface area contributed by atoms with Gasteiger partial charge in [0, 0.05) is 0 Å². The number of rotatable bonds is 5. The summed E-state index contributed by atoms with van der Waals surface area (Å²) < 4.78 is 0. The molecular weight excluding hydrogens is 132 g/mol. The second-order valence-electron chi connectivity index (χ2n) is 4.19. The van der Waals surface area contributed by atoms with E-state index in [4.69, 9.17) is 0 Å². The highest BCUT2D eigenvalue weighted by atomic mass is 14.2. The van der Waals surface area contributed by atoms with Crippen LogP contribution < -0.4 is 0 Å². The first-order valence-electron chi connectivity index (χ1n) is 4.44. The van der Waals surface area contributed by atoms with Crippen molar-refractivity contribution in [3.05, 3.63) is 19.6 Å². The highest BCUT2D eigenvalue weighted by Crippen LogP contribution is 2.24. The zero-order valence-electron chi connectivity index (χ0n) is 8.19. The van der Waals surface area contributed by atoms with Gasteiger partial charge >= 0.3 is 0 Å². The molecule has 65 valence electrons. The van der Waals surface area contributed by atoms with E-state index < -0.39 is 0 Å². The third-order valence-corrected chi connectivity index (χ3v) is 2.07. The maximum Gasteiger partial charge on any atom is -0.0178 e. The Labute approximate surface area is 71.7 Å². The minimum absolute atomic E-state index is 0.314. The first kappa shape index (κ1) is 10.7. The Bertz CT molecular complexity index is 109. The monoisotopic (exact) mass is 153 g/mol. The van der Waals surface area contributed by atoms with Crippen LogP contribution >= 0.6 is 0 Å². The molecule has 0 aliphatic carbocycles. The summed E-state index contributed by atoms with van der Waals surface area (Å²) in [5.74, 6) is 0.593. The molecule has 0 fully saturated rings. The molecule has 0 aromatic carbocycles. The zero-order chi connectivity index (χ0) is 8.91. The van der Waals surface area contributed by atoms with Crippen LogP contribution in [0.25, 0.3) is 0 Å². The minimum Gasteiger partial charge on any atom is -0.103 e. The van der Waals surface area contributed by atoms with E-state index in [1.165, 1.54) is 19.3 Å². The number of hydrogen-bond donors (Lipinski definition) is 0. The van der Waals surface area contributed by atoms with Crippen LogP contribution in [0.3, 0.4) is 0 Å². The molecular formula is C11H21. The summed E-state index contributed by atoms with van der Waals surface area (Å²) in [6.07, 6.45) is 5.78. The normalized spacial score (nSPS) is 12.1. The van der Waals surface area contributed by atoms with Gasteiger partial charge in [-0.3, -0.25) is 0 Å². The Kier molecular flexibility index (Phi) is 4.48. The zero-order valence-corrected chi connectivity index (χ0v) is 8.19. The third kappa shape index (κ3) is 6.15. The highest BCUT2D eigenvalue weighted by molar-refractivity contribution is 4.87. The second-order valence-corrected chi connectivity index (χ2v) is 4.19. The summed E-state index contributed by atoms with van der Waals surface area (Å²) in [5.41, 5.74) is 0.314. The summed E-state index contributed by atoms with van der Waals surface area (Å²) in [5, 5.41) is 0. The maximum absolute atomic E-state index is 3.96. The molecule has 0 aliphatic heterocycles. The summed E-state index contributed by atoms with van der Waals surface area (Å²) in [6.45, 7) is 14.4. The predicted octanol–water partition coefficient (Wildman–Crippen LogP) is 3.84. The van der Waals surface area contributed by atoms with Crippen LogP contribution in [0.5, 0.6) is 0 Å². The number of allylic oxidation sites excluding steroid dienone is 1. The van der Waals surface area contributed by atoms with Crippen molar-refractivity contribution in [2.24, 2.45) is 11.3 Å². The highest BCUT2D eigenvalue weighted by Gasteiger charge is 2.11. The molecule has 0 saturated carbocycles. The Morgan fingerprint density at radius 1 is 1.45 bits per heavy atom. The lowest BCUT2D eigenvalue weighted by Crippen LogP contribution is -2.06. The van der Waals surface area contributed by atoms with Gasteiger partial charge in [0.2, 0.25) is 0 Å². The van der Waals surface area contributed by atoms with Crippen LogP contribution in [0, 0.1) is 18.3 Å². The summed E-state index contributed by atoms with van der Waals surface area (Å²) in [6, 6.07) is 0. The lowest BCUT2D eigenvalue weighted by molar-refractivity contribution is 0.401. The Balaban J connectivity index is 3.45. The summed E-state index contributed by atoms with van der Waals surface area (Å²) in [4.78, 5) is 0. The SMILES string of the molecule is [CH2]C(C)CCCC(C)(C)C=C. The Morgan fingerprint density at radius 3 is 2.36 bits per heavy atom. The lowest BCUT2D eigenvalue weighted by Gasteiger charge is -2.19. The lowest BCUT2D eigenvalue weighted by atomic mass is 9.86. The molecule has 0 aliphatic rings. The van der Waals surface area contributed by atoms with E-state index in [0.29, 0.717) is 11.3 Å². The van der Waals surface area contributed by atoms with Crippen molar-refractivity contribution in [3.63, 3.8) is 0 Å². The van der Waals surface area contributed by atoms with Crippen LogP contribution in [0.4, 0.5) is 0 Å². The van der Waals surface area contributed by atoms with Crippen molar-refractivity contribution in [1.82, 2.24) is 0 Å². The first-order chi connectivity index (χ1) is 4.98. The van der Waals surface area contributed by atoms with Gasteiger partial charge in [-0.25, -0.2) is 0 Å². The van der Waals surface area contributed by atoms with Crippen LogP contribution in [0.1, 0.15) is 40.0 Å². The number of hydrogen-bond acceptors (Lipinski definition) is 0. The molecule has 0 aromatic rings. The van der Waals surface area contributed by atoms with Crippen LogP contribution in [-0.4, -0.2) is 0 Å². The largest absolute Gasteiger partial charge is 0.103 e. The molecule has 0 heterocycles. The molecule has 1 unspecified atom stereocenters. The fourth-order valence-corrected chi connectivity index (χ4v) is 1.01.